The highest BCUT2D eigenvalue weighted by Crippen LogP contribution is 2.48. The molecular formula is C21H25BrN2O3S. The summed E-state index contributed by atoms with van der Waals surface area (Å²) in [6.45, 7) is 4.95. The average Bonchev–Trinajstić information content (AvgIpc) is 3.44. The fraction of sp³-hybridized carbons (Fsp3) is 0.381. The van der Waals surface area contributed by atoms with Gasteiger partial charge in [0.1, 0.15) is 0 Å². The second-order valence-corrected chi connectivity index (χ2v) is 10.3. The van der Waals surface area contributed by atoms with Crippen LogP contribution in [0.25, 0.3) is 0 Å². The molecule has 1 fully saturated rings. The van der Waals surface area contributed by atoms with Gasteiger partial charge in [0, 0.05) is 16.7 Å². The zero-order chi connectivity index (χ0) is 20.4. The average molecular weight is 465 g/mol. The molecule has 7 heteroatoms. The first kappa shape index (κ1) is 20.9. The maximum Gasteiger partial charge on any atom is 0.261 e. The number of amides is 1. The smallest absolute Gasteiger partial charge is 0.261 e. The topological polar surface area (TPSA) is 75.3 Å². The molecule has 0 unspecified atom stereocenters. The highest BCUT2D eigenvalue weighted by molar-refractivity contribution is 9.10. The van der Waals surface area contributed by atoms with E-state index in [1.165, 1.54) is 0 Å². The molecule has 28 heavy (non-hydrogen) atoms. The molecule has 2 aromatic rings. The fourth-order valence-corrected chi connectivity index (χ4v) is 4.42. The molecule has 1 amide bonds. The summed E-state index contributed by atoms with van der Waals surface area (Å²) < 4.78 is 28.4. The van der Waals surface area contributed by atoms with E-state index >= 15 is 0 Å². The zero-order valence-corrected chi connectivity index (χ0v) is 18.4. The number of hydrogen-bond donors (Lipinski definition) is 2. The number of anilines is 1. The number of halogens is 1. The molecule has 0 bridgehead atoms. The molecule has 2 aromatic carbocycles. The van der Waals surface area contributed by atoms with Crippen LogP contribution in [0.15, 0.2) is 57.9 Å². The Labute approximate surface area is 175 Å². The molecule has 0 radical (unpaired) electrons. The lowest BCUT2D eigenvalue weighted by atomic mass is 9.94. The van der Waals surface area contributed by atoms with Crippen molar-refractivity contribution in [2.24, 2.45) is 5.92 Å². The van der Waals surface area contributed by atoms with Crippen molar-refractivity contribution in [2.75, 3.05) is 11.3 Å². The minimum Gasteiger partial charge on any atom is -0.355 e. The Kier molecular flexibility index (Phi) is 6.15. The number of benzene rings is 2. The summed E-state index contributed by atoms with van der Waals surface area (Å²) in [4.78, 5) is 12.8. The Morgan fingerprint density at radius 3 is 2.21 bits per heavy atom. The lowest BCUT2D eigenvalue weighted by Crippen LogP contribution is -2.35. The van der Waals surface area contributed by atoms with Gasteiger partial charge in [-0.25, -0.2) is 8.42 Å². The summed E-state index contributed by atoms with van der Waals surface area (Å²) in [5.41, 5.74) is 0.948. The van der Waals surface area contributed by atoms with Crippen LogP contribution in [0, 0.1) is 5.92 Å². The van der Waals surface area contributed by atoms with Crippen molar-refractivity contribution in [3.8, 4) is 0 Å². The molecule has 1 aliphatic carbocycles. The van der Waals surface area contributed by atoms with Crippen molar-refractivity contribution in [1.29, 1.82) is 0 Å². The minimum absolute atomic E-state index is 0.0661. The van der Waals surface area contributed by atoms with Crippen molar-refractivity contribution >= 4 is 37.5 Å². The van der Waals surface area contributed by atoms with Crippen molar-refractivity contribution in [2.45, 2.75) is 43.4 Å². The molecule has 0 heterocycles. The number of carbonyl (C=O) groups is 1. The standard InChI is InChI=1S/C21H25BrN2O3S/c1-15(2)11-14-23-20(25)21(12-13-21)16-3-7-18(8-4-16)24-28(26,27)19-9-5-17(22)6-10-19/h3-10,15,24H,11-14H2,1-2H3,(H,23,25). The minimum atomic E-state index is -3.65. The molecule has 0 atom stereocenters. The molecule has 5 nitrogen and oxygen atoms in total. The third-order valence-corrected chi connectivity index (χ3v) is 6.93. The Morgan fingerprint density at radius 1 is 1.07 bits per heavy atom. The van der Waals surface area contributed by atoms with Gasteiger partial charge in [0.25, 0.3) is 10.0 Å². The molecule has 150 valence electrons. The Morgan fingerprint density at radius 2 is 1.68 bits per heavy atom. The maximum absolute atomic E-state index is 12.6. The van der Waals surface area contributed by atoms with Crippen LogP contribution in [0.4, 0.5) is 5.69 Å². The van der Waals surface area contributed by atoms with Crippen LogP contribution in [0.5, 0.6) is 0 Å². The van der Waals surface area contributed by atoms with Gasteiger partial charge < -0.3 is 5.32 Å². The van der Waals surface area contributed by atoms with Gasteiger partial charge in [0.05, 0.1) is 10.3 Å². The van der Waals surface area contributed by atoms with Gasteiger partial charge in [0.2, 0.25) is 5.91 Å². The lowest BCUT2D eigenvalue weighted by Gasteiger charge is -2.17. The number of nitrogens with one attached hydrogen (secondary N) is 2. The largest absolute Gasteiger partial charge is 0.355 e. The Balaban J connectivity index is 1.68. The predicted octanol–water partition coefficient (Wildman–Crippen LogP) is 4.44. The van der Waals surface area contributed by atoms with E-state index in [0.717, 1.165) is 29.3 Å². The van der Waals surface area contributed by atoms with E-state index in [1.807, 2.05) is 12.1 Å². The van der Waals surface area contributed by atoms with E-state index in [1.54, 1.807) is 36.4 Å². The van der Waals surface area contributed by atoms with Crippen LogP contribution < -0.4 is 10.0 Å². The second-order valence-electron chi connectivity index (χ2n) is 7.66. The Hall–Kier alpha value is -1.86. The third-order valence-electron chi connectivity index (χ3n) is 5.01. The summed E-state index contributed by atoms with van der Waals surface area (Å²) in [6.07, 6.45) is 2.60. The molecule has 0 aliphatic heterocycles. The number of hydrogen-bond acceptors (Lipinski definition) is 3. The van der Waals surface area contributed by atoms with Gasteiger partial charge in [-0.15, -0.1) is 0 Å². The van der Waals surface area contributed by atoms with Crippen molar-refractivity contribution < 1.29 is 13.2 Å². The first-order valence-electron chi connectivity index (χ1n) is 9.40. The highest BCUT2D eigenvalue weighted by Gasteiger charge is 2.51. The second kappa shape index (κ2) is 8.25. The third kappa shape index (κ3) is 4.75. The first-order valence-corrected chi connectivity index (χ1v) is 11.7. The van der Waals surface area contributed by atoms with E-state index < -0.39 is 15.4 Å². The summed E-state index contributed by atoms with van der Waals surface area (Å²) in [7, 11) is -3.65. The van der Waals surface area contributed by atoms with Crippen LogP contribution in [-0.2, 0) is 20.2 Å². The van der Waals surface area contributed by atoms with Crippen LogP contribution in [0.3, 0.4) is 0 Å². The van der Waals surface area contributed by atoms with E-state index in [-0.39, 0.29) is 10.8 Å². The number of rotatable bonds is 8. The van der Waals surface area contributed by atoms with Crippen molar-refractivity contribution in [1.82, 2.24) is 5.32 Å². The van der Waals surface area contributed by atoms with Crippen LogP contribution in [0.2, 0.25) is 0 Å². The maximum atomic E-state index is 12.6. The van der Waals surface area contributed by atoms with Crippen LogP contribution in [-0.4, -0.2) is 20.9 Å². The van der Waals surface area contributed by atoms with E-state index in [2.05, 4.69) is 39.8 Å². The van der Waals surface area contributed by atoms with Crippen molar-refractivity contribution in [3.63, 3.8) is 0 Å². The van der Waals surface area contributed by atoms with Gasteiger partial charge in [0.15, 0.2) is 0 Å². The van der Waals surface area contributed by atoms with Gasteiger partial charge >= 0.3 is 0 Å². The molecular weight excluding hydrogens is 440 g/mol. The lowest BCUT2D eigenvalue weighted by molar-refractivity contribution is -0.123. The summed E-state index contributed by atoms with van der Waals surface area (Å²) in [5, 5.41) is 3.04. The Bertz CT molecular complexity index is 935. The van der Waals surface area contributed by atoms with Crippen LogP contribution in [0.1, 0.15) is 38.7 Å². The summed E-state index contributed by atoms with van der Waals surface area (Å²) >= 11 is 3.30. The van der Waals surface area contributed by atoms with Crippen LogP contribution >= 0.6 is 15.9 Å². The highest BCUT2D eigenvalue weighted by atomic mass is 79.9. The fourth-order valence-electron chi connectivity index (χ4n) is 3.10. The summed E-state index contributed by atoms with van der Waals surface area (Å²) in [5.74, 6) is 0.616. The van der Waals surface area contributed by atoms with Gasteiger partial charge in [-0.2, -0.15) is 0 Å². The van der Waals surface area contributed by atoms with Gasteiger partial charge in [-0.3, -0.25) is 9.52 Å². The van der Waals surface area contributed by atoms with E-state index in [0.29, 0.717) is 18.2 Å². The molecule has 0 aromatic heterocycles. The molecule has 0 saturated heterocycles. The van der Waals surface area contributed by atoms with Gasteiger partial charge in [-0.05, 0) is 67.1 Å². The van der Waals surface area contributed by atoms with E-state index in [4.69, 9.17) is 0 Å². The molecule has 2 N–H and O–H groups in total. The van der Waals surface area contributed by atoms with E-state index in [9.17, 15) is 13.2 Å². The monoisotopic (exact) mass is 464 g/mol. The predicted molar refractivity (Wildman–Crippen MR) is 115 cm³/mol. The molecule has 1 aliphatic rings. The normalized spacial score (nSPS) is 15.3. The van der Waals surface area contributed by atoms with Gasteiger partial charge in [-0.1, -0.05) is 41.9 Å². The molecule has 1 saturated carbocycles. The van der Waals surface area contributed by atoms with Crippen molar-refractivity contribution in [3.05, 3.63) is 58.6 Å². The zero-order valence-electron chi connectivity index (χ0n) is 16.0. The number of carbonyl (C=O) groups excluding carboxylic acids is 1. The quantitative estimate of drug-likeness (QED) is 0.605. The first-order chi connectivity index (χ1) is 13.2. The number of sulfonamides is 1. The summed E-state index contributed by atoms with van der Waals surface area (Å²) in [6, 6.07) is 13.6. The molecule has 3 rings (SSSR count). The SMILES string of the molecule is CC(C)CCNC(=O)C1(c2ccc(NS(=O)(=O)c3ccc(Br)cc3)cc2)CC1. The molecule has 0 spiro atoms.